The van der Waals surface area contributed by atoms with E-state index in [0.717, 1.165) is 10.9 Å². The van der Waals surface area contributed by atoms with Gasteiger partial charge in [-0.1, -0.05) is 0 Å². The number of nitrogens with two attached hydrogens (primary N) is 1. The summed E-state index contributed by atoms with van der Waals surface area (Å²) in [5, 5.41) is -2.17. The van der Waals surface area contributed by atoms with Gasteiger partial charge in [-0.25, -0.2) is 9.97 Å². The summed E-state index contributed by atoms with van der Waals surface area (Å²) in [4.78, 5) is 20.8. The largest absolute Gasteiger partial charge is 0.370 e. The van der Waals surface area contributed by atoms with E-state index in [1.807, 2.05) is 6.07 Å². The number of nitrogens with one attached hydrogen (secondary N) is 1. The van der Waals surface area contributed by atoms with E-state index in [1.165, 1.54) is 13.3 Å². The van der Waals surface area contributed by atoms with Crippen molar-refractivity contribution in [2.75, 3.05) is 0 Å². The number of rotatable bonds is 3. The lowest BCUT2D eigenvalue weighted by Gasteiger charge is -2.51. The van der Waals surface area contributed by atoms with Crippen LogP contribution >= 0.6 is 0 Å². The number of hydrogen-bond donors (Lipinski definition) is 2. The number of hydrogen-bond acceptors (Lipinski definition) is 4. The van der Waals surface area contributed by atoms with Gasteiger partial charge in [0, 0.05) is 36.8 Å². The van der Waals surface area contributed by atoms with E-state index in [4.69, 9.17) is 62.8 Å². The summed E-state index contributed by atoms with van der Waals surface area (Å²) in [6.07, 6.45) is 6.64. The van der Waals surface area contributed by atoms with Crippen LogP contribution in [0, 0.1) is 5.92 Å². The van der Waals surface area contributed by atoms with Crippen molar-refractivity contribution in [3.63, 3.8) is 0 Å². The number of fused-ring (bicyclic) bond motifs is 1. The molecule has 0 bridgehead atoms. The first-order valence-corrected chi connectivity index (χ1v) is 9.52. The molecule has 3 aromatic rings. The highest BCUT2D eigenvalue weighted by molar-refractivity contribution is 6.68. The lowest BCUT2D eigenvalue weighted by Crippen LogP contribution is -2.39. The van der Waals surface area contributed by atoms with Crippen LogP contribution in [-0.4, -0.2) is 93.4 Å². The Morgan fingerprint density at radius 3 is 2.22 bits per heavy atom. The minimum absolute atomic E-state index is 0.0909. The van der Waals surface area contributed by atoms with Crippen LogP contribution in [0.25, 0.3) is 22.3 Å². The van der Waals surface area contributed by atoms with Gasteiger partial charge in [-0.2, -0.15) is 5.10 Å². The summed E-state index contributed by atoms with van der Waals surface area (Å²) in [6.45, 7) is 1.40. The molecule has 32 heavy (non-hydrogen) atoms. The van der Waals surface area contributed by atoms with E-state index in [1.54, 1.807) is 23.3 Å². The monoisotopic (exact) mass is 406 g/mol. The third-order valence-electron chi connectivity index (χ3n) is 5.90. The van der Waals surface area contributed by atoms with E-state index in [9.17, 15) is 4.79 Å². The molecule has 0 spiro atoms. The van der Waals surface area contributed by atoms with Crippen molar-refractivity contribution in [2.24, 2.45) is 11.7 Å². The Balaban J connectivity index is 0.000000668. The maximum Gasteiger partial charge on any atom is 0.214 e. The predicted octanol–water partition coefficient (Wildman–Crippen LogP) is -1.24. The number of aromatic amines is 1. The highest BCUT2D eigenvalue weighted by Crippen LogP contribution is 2.78. The Hall–Kier alpha value is -2.18. The first-order valence-electron chi connectivity index (χ1n) is 9.52. The molecule has 142 valence electrons. The molecular formula is C17H14B8N6O. The standard InChI is InChI=1S/C15H9B8N5.C2H5NO/c16-12(17)9(13(18,19)15(22,23)14(12,20)21)5-28-4-7(3-27-28)10-8-1-2-24-11(8)26-6-25-10;1-2(3)4/h1-4,6,9H,5H2,(H,24,25,26);1H3,(H2,3,4). The molecule has 1 amide bonds. The smallest absolute Gasteiger partial charge is 0.214 e. The van der Waals surface area contributed by atoms with Crippen molar-refractivity contribution in [2.45, 2.75) is 34.3 Å². The van der Waals surface area contributed by atoms with Crippen LogP contribution in [0.3, 0.4) is 0 Å². The molecule has 4 rings (SSSR count). The van der Waals surface area contributed by atoms with E-state index >= 15 is 0 Å². The van der Waals surface area contributed by atoms with Crippen molar-refractivity contribution in [3.05, 3.63) is 31.0 Å². The van der Waals surface area contributed by atoms with Crippen LogP contribution in [0.5, 0.6) is 0 Å². The Morgan fingerprint density at radius 1 is 1.09 bits per heavy atom. The summed E-state index contributed by atoms with van der Waals surface area (Å²) >= 11 is 0. The second-order valence-electron chi connectivity index (χ2n) is 8.18. The highest BCUT2D eigenvalue weighted by Gasteiger charge is 2.63. The molecule has 3 N–H and O–H groups in total. The van der Waals surface area contributed by atoms with Crippen LogP contribution < -0.4 is 5.73 Å². The maximum absolute atomic E-state index is 9.22. The third kappa shape index (κ3) is 3.67. The van der Waals surface area contributed by atoms with Crippen LogP contribution in [0.4, 0.5) is 0 Å². The first-order chi connectivity index (χ1) is 14.6. The number of primary amides is 1. The van der Waals surface area contributed by atoms with Crippen LogP contribution in [0.15, 0.2) is 31.0 Å². The molecule has 0 atom stereocenters. The van der Waals surface area contributed by atoms with Gasteiger partial charge < -0.3 is 10.7 Å². The van der Waals surface area contributed by atoms with Crippen LogP contribution in [0.2, 0.25) is 20.9 Å². The molecule has 0 aliphatic heterocycles. The molecule has 0 aromatic carbocycles. The zero-order valence-corrected chi connectivity index (χ0v) is 17.6. The minimum Gasteiger partial charge on any atom is -0.370 e. The molecule has 1 aliphatic rings. The predicted molar refractivity (Wildman–Crippen MR) is 130 cm³/mol. The second-order valence-corrected chi connectivity index (χ2v) is 8.18. The van der Waals surface area contributed by atoms with Gasteiger partial charge in [-0.3, -0.25) is 9.48 Å². The highest BCUT2D eigenvalue weighted by atomic mass is 16.1. The zero-order chi connectivity index (χ0) is 24.1. The van der Waals surface area contributed by atoms with Gasteiger partial charge in [-0.15, -0.1) is 20.9 Å². The third-order valence-corrected chi connectivity index (χ3v) is 5.90. The van der Waals surface area contributed by atoms with Gasteiger partial charge in [0.05, 0.1) is 74.7 Å². The van der Waals surface area contributed by atoms with Crippen molar-refractivity contribution in [1.82, 2.24) is 24.7 Å². The minimum atomic E-state index is -1.92. The SMILES string of the molecule is CC(N)=O.[B]C1([B])C(Cn2cc(-c3ncnc4[nH]ccc34)cn2)C([B])([B])C([B])([B])C1([B])[B]. The first kappa shape index (κ1) is 24.5. The summed E-state index contributed by atoms with van der Waals surface area (Å²) in [5.74, 6) is -1.21. The van der Waals surface area contributed by atoms with E-state index in [0.29, 0.717) is 11.3 Å². The fourth-order valence-corrected chi connectivity index (χ4v) is 3.87. The lowest BCUT2D eigenvalue weighted by molar-refractivity contribution is -0.115. The van der Waals surface area contributed by atoms with Gasteiger partial charge in [0.1, 0.15) is 12.0 Å². The van der Waals surface area contributed by atoms with Crippen molar-refractivity contribution in [1.29, 1.82) is 0 Å². The molecule has 1 aliphatic carbocycles. The molecule has 15 heteroatoms. The maximum atomic E-state index is 9.22. The number of H-pyrrole nitrogens is 1. The van der Waals surface area contributed by atoms with Gasteiger partial charge in [0.15, 0.2) is 0 Å². The fraction of sp³-hybridized carbons (Fsp3) is 0.412. The number of amides is 1. The molecule has 0 unspecified atom stereocenters. The van der Waals surface area contributed by atoms with Gasteiger partial charge in [0.2, 0.25) is 5.91 Å². The van der Waals surface area contributed by atoms with Gasteiger partial charge >= 0.3 is 0 Å². The number of aromatic nitrogens is 5. The lowest BCUT2D eigenvalue weighted by atomic mass is 9.17. The average Bonchev–Trinajstić information content (AvgIpc) is 3.34. The fourth-order valence-electron chi connectivity index (χ4n) is 3.87. The summed E-state index contributed by atoms with van der Waals surface area (Å²) < 4.78 is 1.57. The van der Waals surface area contributed by atoms with Crippen LogP contribution in [-0.2, 0) is 11.3 Å². The molecule has 1 fully saturated rings. The number of nitrogens with zero attached hydrogens (tertiary/aromatic N) is 4. The molecule has 3 aromatic heterocycles. The molecule has 3 heterocycles. The molecule has 1 saturated carbocycles. The normalized spacial score (nSPS) is 20.4. The van der Waals surface area contributed by atoms with E-state index < -0.39 is 26.8 Å². The summed E-state index contributed by atoms with van der Waals surface area (Å²) in [6, 6.07) is 1.88. The average molecular weight is 405 g/mol. The summed E-state index contributed by atoms with van der Waals surface area (Å²) in [7, 11) is 49.1. The number of carbonyl (C=O) groups is 1. The zero-order valence-electron chi connectivity index (χ0n) is 17.6. The Labute approximate surface area is 197 Å². The molecular weight excluding hydrogens is 391 g/mol. The Morgan fingerprint density at radius 2 is 1.66 bits per heavy atom. The Bertz CT molecular complexity index is 1110. The van der Waals surface area contributed by atoms with Crippen molar-refractivity contribution >= 4 is 79.7 Å². The van der Waals surface area contributed by atoms with Gasteiger partial charge in [-0.05, 0) is 12.0 Å². The van der Waals surface area contributed by atoms with Gasteiger partial charge in [0.25, 0.3) is 0 Å². The molecule has 7 nitrogen and oxygen atoms in total. The molecule has 0 saturated heterocycles. The second kappa shape index (κ2) is 7.99. The van der Waals surface area contributed by atoms with Crippen molar-refractivity contribution < 1.29 is 4.79 Å². The molecule has 16 radical (unpaired) electrons. The van der Waals surface area contributed by atoms with E-state index in [2.05, 4.69) is 25.8 Å². The Kier molecular flexibility index (Phi) is 6.11. The van der Waals surface area contributed by atoms with E-state index in [-0.39, 0.29) is 12.5 Å². The quantitative estimate of drug-likeness (QED) is 0.533. The van der Waals surface area contributed by atoms with Crippen molar-refractivity contribution in [3.8, 4) is 11.3 Å². The topological polar surface area (TPSA) is 102 Å². The summed E-state index contributed by atoms with van der Waals surface area (Å²) in [5.41, 5.74) is 6.65. The van der Waals surface area contributed by atoms with Crippen LogP contribution in [0.1, 0.15) is 6.92 Å². The number of carbonyl (C=O) groups excluding carboxylic acids is 1.